The number of nitrogens with one attached hydrogen (secondary N) is 2. The number of carbonyl (C=O) groups excluding carboxylic acids is 2. The van der Waals surface area contributed by atoms with Crippen LogP contribution in [0.2, 0.25) is 0 Å². The van der Waals surface area contributed by atoms with E-state index in [1.807, 2.05) is 30.3 Å². The number of amides is 3. The quantitative estimate of drug-likeness (QED) is 0.629. The molecule has 3 amide bonds. The van der Waals surface area contributed by atoms with E-state index in [9.17, 15) is 9.59 Å². The van der Waals surface area contributed by atoms with Gasteiger partial charge in [0.05, 0.1) is 0 Å². The van der Waals surface area contributed by atoms with Crippen LogP contribution in [0.1, 0.15) is 31.2 Å². The Morgan fingerprint density at radius 2 is 1.84 bits per heavy atom. The lowest BCUT2D eigenvalue weighted by atomic mass is 9.78. The average molecular weight is 256 g/mol. The molecule has 19 heavy (non-hydrogen) atoms. The third-order valence-electron chi connectivity index (χ3n) is 3.85. The lowest BCUT2D eigenvalue weighted by molar-refractivity contribution is -0.123. The highest BCUT2D eigenvalue weighted by Gasteiger charge is 2.50. The molecule has 1 aromatic carbocycles. The maximum absolute atomic E-state index is 12.4. The molecular weight excluding hydrogens is 240 g/mol. The van der Waals surface area contributed by atoms with Gasteiger partial charge in [-0.15, -0.1) is 0 Å². The number of hydrogen-bond donors (Lipinski definition) is 2. The molecule has 2 aliphatic rings. The van der Waals surface area contributed by atoms with Gasteiger partial charge >= 0.3 is 6.03 Å². The third kappa shape index (κ3) is 1.84. The van der Waals surface area contributed by atoms with E-state index >= 15 is 0 Å². The average Bonchev–Trinajstić information content (AvgIpc) is 2.76. The summed E-state index contributed by atoms with van der Waals surface area (Å²) in [5.74, 6) is -0.267. The highest BCUT2D eigenvalue weighted by atomic mass is 16.2. The van der Waals surface area contributed by atoms with Crippen molar-refractivity contribution in [3.63, 3.8) is 0 Å². The summed E-state index contributed by atoms with van der Waals surface area (Å²) in [6.45, 7) is 0. The predicted molar refractivity (Wildman–Crippen MR) is 71.3 cm³/mol. The van der Waals surface area contributed by atoms with E-state index in [-0.39, 0.29) is 5.91 Å². The van der Waals surface area contributed by atoms with Crippen molar-refractivity contribution in [3.05, 3.63) is 47.5 Å². The Balaban J connectivity index is 2.13. The van der Waals surface area contributed by atoms with Crippen molar-refractivity contribution in [1.82, 2.24) is 10.6 Å². The third-order valence-corrected chi connectivity index (χ3v) is 3.85. The Morgan fingerprint density at radius 3 is 2.42 bits per heavy atom. The molecule has 0 saturated carbocycles. The Bertz CT molecular complexity index is 551. The molecule has 1 heterocycles. The van der Waals surface area contributed by atoms with Gasteiger partial charge in [0.1, 0.15) is 0 Å². The molecule has 4 heteroatoms. The lowest BCUT2D eigenvalue weighted by Crippen LogP contribution is -2.46. The van der Waals surface area contributed by atoms with E-state index < -0.39 is 11.6 Å². The Hall–Kier alpha value is -2.10. The molecule has 1 aliphatic heterocycles. The van der Waals surface area contributed by atoms with Crippen LogP contribution in [0.5, 0.6) is 0 Å². The van der Waals surface area contributed by atoms with Crippen molar-refractivity contribution < 1.29 is 9.59 Å². The molecule has 4 nitrogen and oxygen atoms in total. The fourth-order valence-corrected chi connectivity index (χ4v) is 2.94. The summed E-state index contributed by atoms with van der Waals surface area (Å²) in [6.07, 6.45) is 6.12. The van der Waals surface area contributed by atoms with Crippen LogP contribution in [-0.4, -0.2) is 11.9 Å². The first kappa shape index (κ1) is 12.0. The second kappa shape index (κ2) is 4.53. The molecule has 1 fully saturated rings. The summed E-state index contributed by atoms with van der Waals surface area (Å²) in [4.78, 5) is 24.0. The second-order valence-corrected chi connectivity index (χ2v) is 5.00. The molecule has 0 spiro atoms. The standard InChI is InChI=1S/C15H16N2O2/c18-13-15(17-14(19)16-13,11-7-3-1-4-8-11)12-9-5-2-6-10-12/h1,3-4,7-9H,2,5-6,10H2,(H2,16,17,18,19)/t15-/m0/s1. The first-order valence-corrected chi connectivity index (χ1v) is 6.62. The first-order valence-electron chi connectivity index (χ1n) is 6.62. The molecule has 3 rings (SSSR count). The minimum Gasteiger partial charge on any atom is -0.316 e. The number of rotatable bonds is 2. The van der Waals surface area contributed by atoms with Gasteiger partial charge in [-0.1, -0.05) is 36.4 Å². The Labute approximate surface area is 111 Å². The van der Waals surface area contributed by atoms with Crippen LogP contribution < -0.4 is 10.6 Å². The summed E-state index contributed by atoms with van der Waals surface area (Å²) in [5.41, 5.74) is 0.832. The molecule has 98 valence electrons. The van der Waals surface area contributed by atoms with Gasteiger partial charge in [0.15, 0.2) is 5.54 Å². The maximum Gasteiger partial charge on any atom is 0.322 e. The predicted octanol–water partition coefficient (Wildman–Crippen LogP) is 2.22. The molecule has 0 bridgehead atoms. The summed E-state index contributed by atoms with van der Waals surface area (Å²) in [6, 6.07) is 9.04. The number of allylic oxidation sites excluding steroid dienone is 1. The number of imide groups is 1. The molecule has 1 saturated heterocycles. The van der Waals surface area contributed by atoms with Gasteiger partial charge in [-0.3, -0.25) is 10.1 Å². The highest BCUT2D eigenvalue weighted by Crippen LogP contribution is 2.37. The van der Waals surface area contributed by atoms with Crippen molar-refractivity contribution >= 4 is 11.9 Å². The Kier molecular flexibility index (Phi) is 2.85. The zero-order valence-corrected chi connectivity index (χ0v) is 10.6. The van der Waals surface area contributed by atoms with Crippen molar-refractivity contribution in [1.29, 1.82) is 0 Å². The van der Waals surface area contributed by atoms with Gasteiger partial charge in [0, 0.05) is 0 Å². The zero-order valence-electron chi connectivity index (χ0n) is 10.6. The summed E-state index contributed by atoms with van der Waals surface area (Å²) in [7, 11) is 0. The molecule has 1 atom stereocenters. The lowest BCUT2D eigenvalue weighted by Gasteiger charge is -2.31. The van der Waals surface area contributed by atoms with E-state index in [0.29, 0.717) is 0 Å². The van der Waals surface area contributed by atoms with Crippen LogP contribution in [0.25, 0.3) is 0 Å². The van der Waals surface area contributed by atoms with E-state index in [1.54, 1.807) is 0 Å². The largest absolute Gasteiger partial charge is 0.322 e. The topological polar surface area (TPSA) is 58.2 Å². The fourth-order valence-electron chi connectivity index (χ4n) is 2.94. The zero-order chi connectivity index (χ0) is 13.3. The summed E-state index contributed by atoms with van der Waals surface area (Å²) < 4.78 is 0. The molecular formula is C15H16N2O2. The summed E-state index contributed by atoms with van der Waals surface area (Å²) >= 11 is 0. The van der Waals surface area contributed by atoms with Gasteiger partial charge in [0.2, 0.25) is 0 Å². The van der Waals surface area contributed by atoms with Crippen molar-refractivity contribution in [2.24, 2.45) is 0 Å². The molecule has 0 aromatic heterocycles. The van der Waals surface area contributed by atoms with Crippen LogP contribution in [0.3, 0.4) is 0 Å². The Morgan fingerprint density at radius 1 is 1.05 bits per heavy atom. The van der Waals surface area contributed by atoms with Crippen molar-refractivity contribution in [3.8, 4) is 0 Å². The van der Waals surface area contributed by atoms with Gasteiger partial charge in [0.25, 0.3) is 5.91 Å². The van der Waals surface area contributed by atoms with Crippen LogP contribution in [0.4, 0.5) is 4.79 Å². The SMILES string of the molecule is O=C1NC(=O)[C@@](C2=CCCCC2)(c2ccccc2)N1. The van der Waals surface area contributed by atoms with E-state index in [1.165, 1.54) is 0 Å². The van der Waals surface area contributed by atoms with Gasteiger partial charge in [-0.25, -0.2) is 4.79 Å². The maximum atomic E-state index is 12.4. The molecule has 1 aromatic rings. The normalized spacial score (nSPS) is 26.6. The number of urea groups is 1. The number of carbonyl (C=O) groups is 2. The number of hydrogen-bond acceptors (Lipinski definition) is 2. The minimum absolute atomic E-state index is 0.267. The van der Waals surface area contributed by atoms with Crippen LogP contribution in [0.15, 0.2) is 42.0 Å². The summed E-state index contributed by atoms with van der Waals surface area (Å²) in [5, 5.41) is 5.21. The van der Waals surface area contributed by atoms with Crippen LogP contribution >= 0.6 is 0 Å². The monoisotopic (exact) mass is 256 g/mol. The first-order chi connectivity index (χ1) is 9.23. The second-order valence-electron chi connectivity index (χ2n) is 5.00. The van der Waals surface area contributed by atoms with E-state index in [0.717, 1.165) is 36.8 Å². The number of benzene rings is 1. The van der Waals surface area contributed by atoms with Gasteiger partial charge in [-0.2, -0.15) is 0 Å². The molecule has 0 radical (unpaired) electrons. The highest BCUT2D eigenvalue weighted by molar-refractivity contribution is 6.09. The molecule has 2 N–H and O–H groups in total. The van der Waals surface area contributed by atoms with Crippen LogP contribution in [0, 0.1) is 0 Å². The van der Waals surface area contributed by atoms with Gasteiger partial charge < -0.3 is 5.32 Å². The van der Waals surface area contributed by atoms with Gasteiger partial charge in [-0.05, 0) is 36.8 Å². The van der Waals surface area contributed by atoms with Crippen molar-refractivity contribution in [2.45, 2.75) is 31.2 Å². The fraction of sp³-hybridized carbons (Fsp3) is 0.333. The van der Waals surface area contributed by atoms with Crippen molar-refractivity contribution in [2.75, 3.05) is 0 Å². The van der Waals surface area contributed by atoms with E-state index in [2.05, 4.69) is 16.7 Å². The van der Waals surface area contributed by atoms with Crippen LogP contribution in [-0.2, 0) is 10.3 Å². The molecule has 0 unspecified atom stereocenters. The van der Waals surface area contributed by atoms with E-state index in [4.69, 9.17) is 0 Å². The smallest absolute Gasteiger partial charge is 0.316 e. The molecule has 1 aliphatic carbocycles. The minimum atomic E-state index is -1.00.